The van der Waals surface area contributed by atoms with Crippen LogP contribution in [0.2, 0.25) is 0 Å². The van der Waals surface area contributed by atoms with E-state index in [9.17, 15) is 17.6 Å². The molecule has 0 spiro atoms. The van der Waals surface area contributed by atoms with Gasteiger partial charge in [-0.15, -0.1) is 0 Å². The van der Waals surface area contributed by atoms with Crippen LogP contribution in [0.1, 0.15) is 28.0 Å². The van der Waals surface area contributed by atoms with Crippen LogP contribution in [0, 0.1) is 5.82 Å². The monoisotopic (exact) mass is 456 g/mol. The Morgan fingerprint density at radius 1 is 1.09 bits per heavy atom. The van der Waals surface area contributed by atoms with Gasteiger partial charge in [-0.25, -0.2) is 17.8 Å². The second-order valence-corrected chi connectivity index (χ2v) is 9.47. The van der Waals surface area contributed by atoms with Crippen molar-refractivity contribution in [2.45, 2.75) is 24.2 Å². The molecule has 1 aliphatic carbocycles. The predicted molar refractivity (Wildman–Crippen MR) is 117 cm³/mol. The number of sulfone groups is 1. The molecule has 0 radical (unpaired) electrons. The molecule has 0 unspecified atom stereocenters. The molecule has 0 bridgehead atoms. The fraction of sp³-hybridized carbons (Fsp3) is 0.217. The number of pyridine rings is 1. The molecule has 1 heterocycles. The minimum atomic E-state index is -3.43. The van der Waals surface area contributed by atoms with E-state index in [2.05, 4.69) is 10.3 Å². The van der Waals surface area contributed by atoms with Gasteiger partial charge in [-0.05, 0) is 61.2 Å². The standard InChI is InChI=1S/C23H21FN2O5S/c1-30-21-12-15(24)9-10-20(21)31-23-18(11-14-5-3-8-19(14)26-23)22(27)25-16-6-4-7-17(13-16)32(2,28)29/h4,6-7,9-13H,3,5,8H2,1-2H3,(H,25,27). The number of aryl methyl sites for hydroxylation is 2. The number of nitrogens with zero attached hydrogens (tertiary/aromatic N) is 1. The zero-order valence-electron chi connectivity index (χ0n) is 17.5. The number of benzene rings is 2. The molecular formula is C23H21FN2O5S. The van der Waals surface area contributed by atoms with E-state index < -0.39 is 21.6 Å². The number of carbonyl (C=O) groups is 1. The molecule has 0 saturated heterocycles. The van der Waals surface area contributed by atoms with Crippen LogP contribution in [0.3, 0.4) is 0 Å². The van der Waals surface area contributed by atoms with Crippen LogP contribution in [0.15, 0.2) is 53.4 Å². The van der Waals surface area contributed by atoms with Crippen molar-refractivity contribution < 1.29 is 27.1 Å². The average Bonchev–Trinajstić information content (AvgIpc) is 3.21. The highest BCUT2D eigenvalue weighted by atomic mass is 32.2. The third-order valence-corrected chi connectivity index (χ3v) is 6.22. The Kier molecular flexibility index (Phi) is 5.84. The van der Waals surface area contributed by atoms with Gasteiger partial charge in [0.15, 0.2) is 21.3 Å². The summed E-state index contributed by atoms with van der Waals surface area (Å²) in [5.41, 5.74) is 2.31. The van der Waals surface area contributed by atoms with Crippen LogP contribution in [0.4, 0.5) is 10.1 Å². The molecule has 1 aromatic heterocycles. The summed E-state index contributed by atoms with van der Waals surface area (Å²) in [5, 5.41) is 2.71. The molecule has 7 nitrogen and oxygen atoms in total. The molecule has 0 atom stereocenters. The first-order valence-electron chi connectivity index (χ1n) is 9.90. The van der Waals surface area contributed by atoms with E-state index in [4.69, 9.17) is 9.47 Å². The minimum absolute atomic E-state index is 0.0623. The van der Waals surface area contributed by atoms with Gasteiger partial charge < -0.3 is 14.8 Å². The maximum absolute atomic E-state index is 13.6. The van der Waals surface area contributed by atoms with Crippen LogP contribution in [-0.2, 0) is 22.7 Å². The van der Waals surface area contributed by atoms with E-state index in [1.54, 1.807) is 18.2 Å². The number of aromatic nitrogens is 1. The molecule has 1 amide bonds. The van der Waals surface area contributed by atoms with E-state index in [1.165, 1.54) is 37.4 Å². The van der Waals surface area contributed by atoms with Crippen LogP contribution in [0.5, 0.6) is 17.4 Å². The molecule has 0 aliphatic heterocycles. The van der Waals surface area contributed by atoms with Gasteiger partial charge >= 0.3 is 0 Å². The molecule has 3 aromatic rings. The van der Waals surface area contributed by atoms with Gasteiger partial charge in [-0.3, -0.25) is 4.79 Å². The van der Waals surface area contributed by atoms with Crippen molar-refractivity contribution in [2.75, 3.05) is 18.7 Å². The number of methoxy groups -OCH3 is 1. The Labute approximate surface area is 185 Å². The Hall–Kier alpha value is -3.46. The lowest BCUT2D eigenvalue weighted by Crippen LogP contribution is -2.15. The van der Waals surface area contributed by atoms with Gasteiger partial charge in [0.25, 0.3) is 5.91 Å². The van der Waals surface area contributed by atoms with Crippen molar-refractivity contribution >= 4 is 21.4 Å². The number of amides is 1. The predicted octanol–water partition coefficient (Wildman–Crippen LogP) is 4.17. The summed E-state index contributed by atoms with van der Waals surface area (Å²) >= 11 is 0. The quantitative estimate of drug-likeness (QED) is 0.598. The first kappa shape index (κ1) is 21.8. The fourth-order valence-electron chi connectivity index (χ4n) is 3.53. The number of rotatable bonds is 6. The summed E-state index contributed by atoms with van der Waals surface area (Å²) < 4.78 is 48.3. The Bertz CT molecular complexity index is 1310. The van der Waals surface area contributed by atoms with Gasteiger partial charge in [0, 0.05) is 23.7 Å². The fourth-order valence-corrected chi connectivity index (χ4v) is 4.19. The van der Waals surface area contributed by atoms with E-state index in [0.717, 1.165) is 36.8 Å². The third-order valence-electron chi connectivity index (χ3n) is 5.11. The zero-order valence-corrected chi connectivity index (χ0v) is 18.3. The average molecular weight is 456 g/mol. The van der Waals surface area contributed by atoms with E-state index in [-0.39, 0.29) is 27.8 Å². The summed E-state index contributed by atoms with van der Waals surface area (Å²) in [6.07, 6.45) is 3.58. The molecule has 0 saturated carbocycles. The molecule has 2 aromatic carbocycles. The number of hydrogen-bond donors (Lipinski definition) is 1. The van der Waals surface area contributed by atoms with E-state index in [1.807, 2.05) is 0 Å². The molecule has 1 aliphatic rings. The van der Waals surface area contributed by atoms with Crippen molar-refractivity contribution in [1.82, 2.24) is 4.98 Å². The van der Waals surface area contributed by atoms with Crippen LogP contribution < -0.4 is 14.8 Å². The number of fused-ring (bicyclic) bond motifs is 1. The van der Waals surface area contributed by atoms with Crippen molar-refractivity contribution in [1.29, 1.82) is 0 Å². The Morgan fingerprint density at radius 3 is 2.66 bits per heavy atom. The lowest BCUT2D eigenvalue weighted by atomic mass is 10.1. The Balaban J connectivity index is 1.70. The number of hydrogen-bond acceptors (Lipinski definition) is 6. The summed E-state index contributed by atoms with van der Waals surface area (Å²) in [7, 11) is -2.04. The van der Waals surface area contributed by atoms with Gasteiger partial charge in [0.1, 0.15) is 11.4 Å². The normalized spacial score (nSPS) is 12.8. The van der Waals surface area contributed by atoms with Crippen molar-refractivity contribution in [2.24, 2.45) is 0 Å². The van der Waals surface area contributed by atoms with Crippen molar-refractivity contribution in [3.05, 3.63) is 71.2 Å². The molecule has 9 heteroatoms. The molecule has 32 heavy (non-hydrogen) atoms. The number of anilines is 1. The SMILES string of the molecule is COc1cc(F)ccc1Oc1nc2c(cc1C(=O)Nc1cccc(S(C)(=O)=O)c1)CCC2. The van der Waals surface area contributed by atoms with E-state index >= 15 is 0 Å². The number of halogens is 1. The second kappa shape index (κ2) is 8.58. The van der Waals surface area contributed by atoms with E-state index in [0.29, 0.717) is 5.69 Å². The Morgan fingerprint density at radius 2 is 1.91 bits per heavy atom. The third kappa shape index (κ3) is 4.57. The number of ether oxygens (including phenoxy) is 2. The summed E-state index contributed by atoms with van der Waals surface area (Å²) in [6, 6.07) is 11.5. The first-order chi connectivity index (χ1) is 15.2. The highest BCUT2D eigenvalue weighted by Gasteiger charge is 2.23. The second-order valence-electron chi connectivity index (χ2n) is 7.45. The minimum Gasteiger partial charge on any atom is -0.493 e. The lowest BCUT2D eigenvalue weighted by Gasteiger charge is -2.15. The summed E-state index contributed by atoms with van der Waals surface area (Å²) in [4.78, 5) is 17.8. The molecule has 4 rings (SSSR count). The molecule has 0 fully saturated rings. The maximum atomic E-state index is 13.6. The number of carbonyl (C=O) groups excluding carboxylic acids is 1. The van der Waals surface area contributed by atoms with Crippen LogP contribution in [0.25, 0.3) is 0 Å². The largest absolute Gasteiger partial charge is 0.493 e. The topological polar surface area (TPSA) is 94.6 Å². The molecular weight excluding hydrogens is 435 g/mol. The molecule has 1 N–H and O–H groups in total. The summed E-state index contributed by atoms with van der Waals surface area (Å²) in [5.74, 6) is -0.548. The number of nitrogens with one attached hydrogen (secondary N) is 1. The van der Waals surface area contributed by atoms with Crippen molar-refractivity contribution in [3.8, 4) is 17.4 Å². The highest BCUT2D eigenvalue weighted by Crippen LogP contribution is 2.35. The van der Waals surface area contributed by atoms with Gasteiger partial charge in [0.05, 0.1) is 12.0 Å². The smallest absolute Gasteiger partial charge is 0.261 e. The highest BCUT2D eigenvalue weighted by molar-refractivity contribution is 7.90. The molecule has 166 valence electrons. The zero-order chi connectivity index (χ0) is 22.9. The summed E-state index contributed by atoms with van der Waals surface area (Å²) in [6.45, 7) is 0. The van der Waals surface area contributed by atoms with Gasteiger partial charge in [-0.1, -0.05) is 6.07 Å². The van der Waals surface area contributed by atoms with Crippen molar-refractivity contribution in [3.63, 3.8) is 0 Å². The maximum Gasteiger partial charge on any atom is 0.261 e. The lowest BCUT2D eigenvalue weighted by molar-refractivity contribution is 0.102. The van der Waals surface area contributed by atoms with Crippen LogP contribution in [-0.4, -0.2) is 32.7 Å². The van der Waals surface area contributed by atoms with Crippen LogP contribution >= 0.6 is 0 Å². The first-order valence-corrected chi connectivity index (χ1v) is 11.8. The van der Waals surface area contributed by atoms with Gasteiger partial charge in [0.2, 0.25) is 5.88 Å². The van der Waals surface area contributed by atoms with Gasteiger partial charge in [-0.2, -0.15) is 0 Å².